The van der Waals surface area contributed by atoms with Crippen LogP contribution in [-0.2, 0) is 13.1 Å². The van der Waals surface area contributed by atoms with Gasteiger partial charge in [0, 0.05) is 25.3 Å². The third kappa shape index (κ3) is 4.26. The summed E-state index contributed by atoms with van der Waals surface area (Å²) in [5.74, 6) is 0. The second-order valence-electron chi connectivity index (χ2n) is 8.17. The van der Waals surface area contributed by atoms with Gasteiger partial charge in [-0.15, -0.1) is 0 Å². The standard InChI is InChI=1S/C23H28NSi/c1-18-11-13-21(20-9-7-6-8-10-20)15-22(18)23-14-12-19(16-24(23)2)17-25(3,4)5/h6-16H,17H2,1-5H3/q+1. The van der Waals surface area contributed by atoms with Crippen molar-refractivity contribution in [2.75, 3.05) is 0 Å². The highest BCUT2D eigenvalue weighted by atomic mass is 28.3. The first kappa shape index (κ1) is 17.6. The van der Waals surface area contributed by atoms with Gasteiger partial charge in [-0.2, -0.15) is 0 Å². The van der Waals surface area contributed by atoms with E-state index in [9.17, 15) is 0 Å². The van der Waals surface area contributed by atoms with Gasteiger partial charge in [0.2, 0.25) is 5.69 Å². The molecule has 3 rings (SSSR count). The molecule has 0 atom stereocenters. The molecular formula is C23H28NSi+. The van der Waals surface area contributed by atoms with E-state index in [1.165, 1.54) is 39.6 Å². The Morgan fingerprint density at radius 2 is 1.56 bits per heavy atom. The van der Waals surface area contributed by atoms with Gasteiger partial charge in [0.1, 0.15) is 7.05 Å². The Balaban J connectivity index is 2.02. The molecule has 0 bridgehead atoms. The van der Waals surface area contributed by atoms with E-state index in [-0.39, 0.29) is 0 Å². The highest BCUT2D eigenvalue weighted by Crippen LogP contribution is 2.28. The first-order valence-electron chi connectivity index (χ1n) is 8.98. The minimum absolute atomic E-state index is 1.09. The molecule has 0 saturated heterocycles. The van der Waals surface area contributed by atoms with E-state index in [2.05, 4.69) is 105 Å². The van der Waals surface area contributed by atoms with Crippen LogP contribution in [0.25, 0.3) is 22.4 Å². The molecule has 0 spiro atoms. The largest absolute Gasteiger partial charge is 0.212 e. The molecule has 0 saturated carbocycles. The van der Waals surface area contributed by atoms with Gasteiger partial charge in [-0.05, 0) is 41.8 Å². The second kappa shape index (κ2) is 6.97. The highest BCUT2D eigenvalue weighted by Gasteiger charge is 2.18. The lowest BCUT2D eigenvalue weighted by atomic mass is 9.97. The van der Waals surface area contributed by atoms with Gasteiger partial charge >= 0.3 is 0 Å². The SMILES string of the molecule is Cc1ccc(-c2ccccc2)cc1-c1ccc(C[Si](C)(C)C)c[n+]1C. The maximum atomic E-state index is 2.42. The van der Waals surface area contributed by atoms with Gasteiger partial charge in [0.05, 0.1) is 0 Å². The van der Waals surface area contributed by atoms with Crippen LogP contribution < -0.4 is 4.57 Å². The van der Waals surface area contributed by atoms with Gasteiger partial charge in [0.15, 0.2) is 6.20 Å². The molecule has 0 fully saturated rings. The van der Waals surface area contributed by atoms with Gasteiger partial charge in [0.25, 0.3) is 0 Å². The van der Waals surface area contributed by atoms with Crippen molar-refractivity contribution >= 4 is 8.07 Å². The lowest BCUT2D eigenvalue weighted by Gasteiger charge is -2.15. The highest BCUT2D eigenvalue weighted by molar-refractivity contribution is 6.75. The summed E-state index contributed by atoms with van der Waals surface area (Å²) < 4.78 is 2.28. The predicted molar refractivity (Wildman–Crippen MR) is 110 cm³/mol. The Morgan fingerprint density at radius 3 is 2.20 bits per heavy atom. The number of aromatic nitrogens is 1. The normalized spacial score (nSPS) is 11.6. The fourth-order valence-corrected chi connectivity index (χ4v) is 4.80. The van der Waals surface area contributed by atoms with Crippen molar-refractivity contribution in [2.45, 2.75) is 32.6 Å². The van der Waals surface area contributed by atoms with Crippen molar-refractivity contribution < 1.29 is 4.57 Å². The zero-order valence-corrected chi connectivity index (χ0v) is 17.0. The quantitative estimate of drug-likeness (QED) is 0.429. The first-order valence-corrected chi connectivity index (χ1v) is 12.7. The van der Waals surface area contributed by atoms with E-state index < -0.39 is 8.07 Å². The van der Waals surface area contributed by atoms with Crippen LogP contribution in [0, 0.1) is 6.92 Å². The zero-order chi connectivity index (χ0) is 18.0. The summed E-state index contributed by atoms with van der Waals surface area (Å²) in [6.07, 6.45) is 2.31. The fourth-order valence-electron chi connectivity index (χ4n) is 3.37. The van der Waals surface area contributed by atoms with Crippen LogP contribution in [-0.4, -0.2) is 8.07 Å². The molecular weight excluding hydrogens is 318 g/mol. The van der Waals surface area contributed by atoms with Crippen molar-refractivity contribution in [2.24, 2.45) is 7.05 Å². The minimum atomic E-state index is -1.09. The Morgan fingerprint density at radius 1 is 0.840 bits per heavy atom. The number of aryl methyl sites for hydroxylation is 2. The molecule has 1 heterocycles. The van der Waals surface area contributed by atoms with Crippen molar-refractivity contribution in [3.63, 3.8) is 0 Å². The van der Waals surface area contributed by atoms with Crippen molar-refractivity contribution in [3.05, 3.63) is 78.0 Å². The molecule has 25 heavy (non-hydrogen) atoms. The molecule has 0 radical (unpaired) electrons. The van der Waals surface area contributed by atoms with Crippen LogP contribution in [0.4, 0.5) is 0 Å². The minimum Gasteiger partial charge on any atom is -0.201 e. The second-order valence-corrected chi connectivity index (χ2v) is 13.6. The number of hydrogen-bond acceptors (Lipinski definition) is 0. The van der Waals surface area contributed by atoms with E-state index in [4.69, 9.17) is 0 Å². The average Bonchev–Trinajstić information content (AvgIpc) is 2.55. The van der Waals surface area contributed by atoms with Crippen LogP contribution in [0.15, 0.2) is 66.9 Å². The number of hydrogen-bond donors (Lipinski definition) is 0. The number of rotatable bonds is 4. The summed E-state index contributed by atoms with van der Waals surface area (Å²) in [7, 11) is 1.07. The van der Waals surface area contributed by atoms with E-state index in [1.807, 2.05) is 0 Å². The number of benzene rings is 2. The summed E-state index contributed by atoms with van der Waals surface area (Å²) in [6.45, 7) is 9.47. The van der Waals surface area contributed by atoms with Crippen LogP contribution in [0.5, 0.6) is 0 Å². The van der Waals surface area contributed by atoms with Gasteiger partial charge in [-0.1, -0.05) is 62.1 Å². The van der Waals surface area contributed by atoms with E-state index in [1.54, 1.807) is 0 Å². The topological polar surface area (TPSA) is 3.88 Å². The fraction of sp³-hybridized carbons (Fsp3) is 0.261. The van der Waals surface area contributed by atoms with E-state index >= 15 is 0 Å². The van der Waals surface area contributed by atoms with Gasteiger partial charge in [-0.3, -0.25) is 0 Å². The Kier molecular flexibility index (Phi) is 4.91. The van der Waals surface area contributed by atoms with E-state index in [0.29, 0.717) is 0 Å². The maximum absolute atomic E-state index is 2.42. The summed E-state index contributed by atoms with van der Waals surface area (Å²) in [5, 5.41) is 0. The molecule has 128 valence electrons. The predicted octanol–water partition coefficient (Wildman–Crippen LogP) is 5.57. The summed E-state index contributed by atoms with van der Waals surface area (Å²) in [6, 6.07) is 23.2. The van der Waals surface area contributed by atoms with Crippen LogP contribution >= 0.6 is 0 Å². The smallest absolute Gasteiger partial charge is 0.201 e. The summed E-state index contributed by atoms with van der Waals surface area (Å²) in [4.78, 5) is 0. The molecule has 0 aliphatic rings. The van der Waals surface area contributed by atoms with Crippen molar-refractivity contribution in [1.29, 1.82) is 0 Å². The molecule has 3 aromatic rings. The third-order valence-electron chi connectivity index (χ3n) is 4.55. The molecule has 0 N–H and O–H groups in total. The van der Waals surface area contributed by atoms with Gasteiger partial charge in [-0.25, -0.2) is 4.57 Å². The first-order chi connectivity index (χ1) is 11.8. The Hall–Kier alpha value is -2.19. The molecule has 1 aromatic heterocycles. The number of pyridine rings is 1. The van der Waals surface area contributed by atoms with Gasteiger partial charge < -0.3 is 0 Å². The average molecular weight is 347 g/mol. The molecule has 0 amide bonds. The Labute approximate surface area is 153 Å². The van der Waals surface area contributed by atoms with Crippen LogP contribution in [0.1, 0.15) is 11.1 Å². The van der Waals surface area contributed by atoms with Crippen molar-refractivity contribution in [1.82, 2.24) is 0 Å². The zero-order valence-electron chi connectivity index (χ0n) is 16.0. The third-order valence-corrected chi connectivity index (χ3v) is 6.02. The van der Waals surface area contributed by atoms with Crippen LogP contribution in [0.2, 0.25) is 19.6 Å². The van der Waals surface area contributed by atoms with E-state index in [0.717, 1.165) is 0 Å². The molecule has 0 aliphatic heterocycles. The molecule has 0 aliphatic carbocycles. The lowest BCUT2D eigenvalue weighted by molar-refractivity contribution is -0.660. The maximum Gasteiger partial charge on any atom is 0.212 e. The number of nitrogens with zero attached hydrogens (tertiary/aromatic N) is 1. The summed E-state index contributed by atoms with van der Waals surface area (Å²) in [5.41, 5.74) is 7.88. The lowest BCUT2D eigenvalue weighted by Crippen LogP contribution is -2.33. The van der Waals surface area contributed by atoms with Crippen LogP contribution in [0.3, 0.4) is 0 Å². The monoisotopic (exact) mass is 346 g/mol. The molecule has 2 aromatic carbocycles. The van der Waals surface area contributed by atoms with Crippen molar-refractivity contribution in [3.8, 4) is 22.4 Å². The molecule has 1 nitrogen and oxygen atoms in total. The molecule has 0 unspecified atom stereocenters. The summed E-state index contributed by atoms with van der Waals surface area (Å²) >= 11 is 0. The molecule has 2 heteroatoms. The Bertz CT molecular complexity index is 876.